The summed E-state index contributed by atoms with van der Waals surface area (Å²) in [4.78, 5) is 14.1. The molecule has 2 aromatic carbocycles. The van der Waals surface area contributed by atoms with Gasteiger partial charge in [-0.3, -0.25) is 0 Å². The predicted molar refractivity (Wildman–Crippen MR) is 100 cm³/mol. The molecule has 0 aliphatic rings. The lowest BCUT2D eigenvalue weighted by Crippen LogP contribution is -2.31. The van der Waals surface area contributed by atoms with Gasteiger partial charge in [0.2, 0.25) is 0 Å². The Hall–Kier alpha value is -2.69. The Labute approximate surface area is 149 Å². The van der Waals surface area contributed by atoms with Crippen molar-refractivity contribution in [2.75, 3.05) is 26.1 Å². The minimum absolute atomic E-state index is 0.184. The monoisotopic (exact) mass is 342 g/mol. The maximum absolute atomic E-state index is 12.5. The molecular weight excluding hydrogens is 316 g/mol. The number of ether oxygens (including phenoxy) is 2. The molecule has 0 aliphatic carbocycles. The molecule has 0 heterocycles. The van der Waals surface area contributed by atoms with Crippen LogP contribution >= 0.6 is 0 Å². The number of carbonyl (C=O) groups excluding carboxylic acids is 1. The number of anilines is 1. The highest BCUT2D eigenvalue weighted by Gasteiger charge is 2.12. The van der Waals surface area contributed by atoms with Crippen LogP contribution in [0.4, 0.5) is 10.5 Å². The van der Waals surface area contributed by atoms with Crippen molar-refractivity contribution >= 4 is 11.7 Å². The molecule has 0 saturated carbocycles. The molecule has 0 bridgehead atoms. The van der Waals surface area contributed by atoms with Crippen molar-refractivity contribution in [2.24, 2.45) is 5.92 Å². The quantitative estimate of drug-likeness (QED) is 0.812. The van der Waals surface area contributed by atoms with Crippen LogP contribution in [0.2, 0.25) is 0 Å². The van der Waals surface area contributed by atoms with Crippen LogP contribution in [-0.4, -0.2) is 31.7 Å². The molecule has 2 amide bonds. The molecular formula is C20H26N2O3. The summed E-state index contributed by atoms with van der Waals surface area (Å²) in [6.45, 7) is 5.28. The van der Waals surface area contributed by atoms with E-state index < -0.39 is 0 Å². The number of methoxy groups -OCH3 is 1. The third kappa shape index (κ3) is 5.71. The first-order valence-electron chi connectivity index (χ1n) is 8.36. The number of amides is 2. The molecule has 0 fully saturated rings. The van der Waals surface area contributed by atoms with E-state index in [2.05, 4.69) is 19.2 Å². The molecule has 5 heteroatoms. The third-order valence-electron chi connectivity index (χ3n) is 3.63. The molecule has 0 spiro atoms. The van der Waals surface area contributed by atoms with Crippen molar-refractivity contribution in [1.29, 1.82) is 0 Å². The van der Waals surface area contributed by atoms with Gasteiger partial charge < -0.3 is 19.7 Å². The van der Waals surface area contributed by atoms with Crippen molar-refractivity contribution in [3.63, 3.8) is 0 Å². The second-order valence-electron chi connectivity index (χ2n) is 6.34. The van der Waals surface area contributed by atoms with E-state index in [1.807, 2.05) is 48.5 Å². The van der Waals surface area contributed by atoms with E-state index in [0.29, 0.717) is 30.5 Å². The molecule has 25 heavy (non-hydrogen) atoms. The van der Waals surface area contributed by atoms with Crippen LogP contribution in [0.15, 0.2) is 48.5 Å². The molecule has 0 unspecified atom stereocenters. The van der Waals surface area contributed by atoms with Gasteiger partial charge in [-0.1, -0.05) is 38.1 Å². The van der Waals surface area contributed by atoms with E-state index in [-0.39, 0.29) is 6.03 Å². The molecule has 1 N–H and O–H groups in total. The van der Waals surface area contributed by atoms with Gasteiger partial charge in [0.05, 0.1) is 19.4 Å². The third-order valence-corrected chi connectivity index (χ3v) is 3.63. The maximum atomic E-state index is 12.5. The van der Waals surface area contributed by atoms with Crippen molar-refractivity contribution < 1.29 is 14.3 Å². The van der Waals surface area contributed by atoms with Crippen molar-refractivity contribution in [3.05, 3.63) is 54.1 Å². The van der Waals surface area contributed by atoms with E-state index in [0.717, 1.165) is 11.3 Å². The average Bonchev–Trinajstić information content (AvgIpc) is 2.61. The Balaban J connectivity index is 1.98. The number of rotatable bonds is 7. The highest BCUT2D eigenvalue weighted by Crippen LogP contribution is 2.24. The van der Waals surface area contributed by atoms with Crippen molar-refractivity contribution in [3.8, 4) is 11.5 Å². The second kappa shape index (κ2) is 8.97. The first-order valence-corrected chi connectivity index (χ1v) is 8.36. The fraction of sp³-hybridized carbons (Fsp3) is 0.350. The molecule has 0 aromatic heterocycles. The fourth-order valence-corrected chi connectivity index (χ4v) is 2.24. The molecule has 0 radical (unpaired) electrons. The summed E-state index contributed by atoms with van der Waals surface area (Å²) < 4.78 is 10.9. The van der Waals surface area contributed by atoms with E-state index >= 15 is 0 Å². The fourth-order valence-electron chi connectivity index (χ4n) is 2.24. The van der Waals surface area contributed by atoms with Gasteiger partial charge >= 0.3 is 6.03 Å². The number of urea groups is 1. The summed E-state index contributed by atoms with van der Waals surface area (Å²) in [5.41, 5.74) is 1.71. The van der Waals surface area contributed by atoms with E-state index in [4.69, 9.17) is 9.47 Å². The van der Waals surface area contributed by atoms with E-state index in [1.54, 1.807) is 19.1 Å². The number of benzene rings is 2. The summed E-state index contributed by atoms with van der Waals surface area (Å²) >= 11 is 0. The Morgan fingerprint density at radius 1 is 1.12 bits per heavy atom. The summed E-state index contributed by atoms with van der Waals surface area (Å²) in [5.74, 6) is 1.90. The summed E-state index contributed by atoms with van der Waals surface area (Å²) in [5, 5.41) is 2.91. The van der Waals surface area contributed by atoms with Gasteiger partial charge in [0.25, 0.3) is 0 Å². The molecule has 5 nitrogen and oxygen atoms in total. The van der Waals surface area contributed by atoms with E-state index in [9.17, 15) is 4.79 Å². The SMILES string of the molecule is COc1ccc(CN(C)C(=O)Nc2ccccc2OCC(C)C)cc1. The zero-order valence-corrected chi connectivity index (χ0v) is 15.3. The zero-order valence-electron chi connectivity index (χ0n) is 15.3. The summed E-state index contributed by atoms with van der Waals surface area (Å²) in [7, 11) is 3.39. The number of hydrogen-bond acceptors (Lipinski definition) is 3. The normalized spacial score (nSPS) is 10.4. The average molecular weight is 342 g/mol. The second-order valence-corrected chi connectivity index (χ2v) is 6.34. The summed E-state index contributed by atoms with van der Waals surface area (Å²) in [6.07, 6.45) is 0. The minimum Gasteiger partial charge on any atom is -0.497 e. The molecule has 0 saturated heterocycles. The van der Waals surface area contributed by atoms with Gasteiger partial charge in [-0.05, 0) is 35.7 Å². The lowest BCUT2D eigenvalue weighted by Gasteiger charge is -2.20. The Morgan fingerprint density at radius 3 is 2.44 bits per heavy atom. The smallest absolute Gasteiger partial charge is 0.321 e. The van der Waals surface area contributed by atoms with Crippen LogP contribution in [-0.2, 0) is 6.54 Å². The first-order chi connectivity index (χ1) is 12.0. The van der Waals surface area contributed by atoms with Crippen molar-refractivity contribution in [2.45, 2.75) is 20.4 Å². The van der Waals surface area contributed by atoms with Crippen LogP contribution < -0.4 is 14.8 Å². The van der Waals surface area contributed by atoms with Gasteiger partial charge in [-0.15, -0.1) is 0 Å². The number of nitrogens with zero attached hydrogens (tertiary/aromatic N) is 1. The lowest BCUT2D eigenvalue weighted by atomic mass is 10.2. The lowest BCUT2D eigenvalue weighted by molar-refractivity contribution is 0.220. The molecule has 0 aliphatic heterocycles. The molecule has 2 aromatic rings. The Morgan fingerprint density at radius 2 is 1.80 bits per heavy atom. The van der Waals surface area contributed by atoms with E-state index in [1.165, 1.54) is 0 Å². The van der Waals surface area contributed by atoms with Crippen LogP contribution in [0.1, 0.15) is 19.4 Å². The summed E-state index contributed by atoms with van der Waals surface area (Å²) in [6, 6.07) is 15.0. The topological polar surface area (TPSA) is 50.8 Å². The number of carbonyl (C=O) groups is 1. The maximum Gasteiger partial charge on any atom is 0.321 e. The van der Waals surface area contributed by atoms with Crippen LogP contribution in [0.25, 0.3) is 0 Å². The molecule has 2 rings (SSSR count). The van der Waals surface area contributed by atoms with Crippen LogP contribution in [0, 0.1) is 5.92 Å². The van der Waals surface area contributed by atoms with Crippen LogP contribution in [0.3, 0.4) is 0 Å². The largest absolute Gasteiger partial charge is 0.497 e. The van der Waals surface area contributed by atoms with Crippen LogP contribution in [0.5, 0.6) is 11.5 Å². The molecule has 134 valence electrons. The number of nitrogens with one attached hydrogen (secondary N) is 1. The first kappa shape index (κ1) is 18.6. The standard InChI is InChI=1S/C20H26N2O3/c1-15(2)14-25-19-8-6-5-7-18(19)21-20(23)22(3)13-16-9-11-17(24-4)12-10-16/h5-12,15H,13-14H2,1-4H3,(H,21,23). The van der Waals surface area contributed by atoms with Crippen molar-refractivity contribution in [1.82, 2.24) is 4.90 Å². The van der Waals surface area contributed by atoms with Gasteiger partial charge in [-0.25, -0.2) is 4.79 Å². The Kier molecular flexibility index (Phi) is 6.69. The zero-order chi connectivity index (χ0) is 18.2. The van der Waals surface area contributed by atoms with Gasteiger partial charge in [0, 0.05) is 13.6 Å². The number of hydrogen-bond donors (Lipinski definition) is 1. The van der Waals surface area contributed by atoms with Gasteiger partial charge in [0.1, 0.15) is 11.5 Å². The van der Waals surface area contributed by atoms with Gasteiger partial charge in [0.15, 0.2) is 0 Å². The predicted octanol–water partition coefficient (Wildman–Crippen LogP) is 4.39. The highest BCUT2D eigenvalue weighted by atomic mass is 16.5. The number of para-hydroxylation sites is 2. The Bertz CT molecular complexity index is 684. The minimum atomic E-state index is -0.184. The van der Waals surface area contributed by atoms with Gasteiger partial charge in [-0.2, -0.15) is 0 Å². The highest BCUT2D eigenvalue weighted by molar-refractivity contribution is 5.90. The molecule has 0 atom stereocenters.